The number of fused-ring (bicyclic) bond motifs is 1. The third-order valence-corrected chi connectivity index (χ3v) is 8.22. The molecule has 2 aromatic rings. The number of hydrogen-bond acceptors (Lipinski definition) is 4. The zero-order valence-electron chi connectivity index (χ0n) is 21.7. The number of rotatable bonds is 6. The molecule has 9 heteroatoms. The van der Waals surface area contributed by atoms with Gasteiger partial charge in [0.25, 0.3) is 0 Å². The highest BCUT2D eigenvalue weighted by Gasteiger charge is 2.51. The van der Waals surface area contributed by atoms with Crippen LogP contribution < -0.4 is 5.32 Å². The van der Waals surface area contributed by atoms with E-state index in [0.717, 1.165) is 17.2 Å². The van der Waals surface area contributed by atoms with Gasteiger partial charge in [0, 0.05) is 24.7 Å². The molecule has 0 aromatic heterocycles. The summed E-state index contributed by atoms with van der Waals surface area (Å²) >= 11 is 0. The van der Waals surface area contributed by atoms with Crippen molar-refractivity contribution in [2.24, 2.45) is 11.8 Å². The summed E-state index contributed by atoms with van der Waals surface area (Å²) in [5.74, 6) is -3.48. The van der Waals surface area contributed by atoms with E-state index in [1.165, 1.54) is 15.9 Å². The Morgan fingerprint density at radius 1 is 1.08 bits per heavy atom. The third kappa shape index (κ3) is 4.79. The summed E-state index contributed by atoms with van der Waals surface area (Å²) in [6.07, 6.45) is 1.79. The molecule has 38 heavy (non-hydrogen) atoms. The van der Waals surface area contributed by atoms with Crippen molar-refractivity contribution in [3.8, 4) is 0 Å². The molecule has 0 radical (unpaired) electrons. The number of nitrogens with zero attached hydrogens (tertiary/aromatic N) is 2. The Hall–Kier alpha value is -3.33. The van der Waals surface area contributed by atoms with Crippen LogP contribution in [0.2, 0.25) is 0 Å². The first-order chi connectivity index (χ1) is 18.3. The number of ether oxygens (including phenoxy) is 1. The van der Waals surface area contributed by atoms with Crippen LogP contribution in [-0.4, -0.2) is 65.9 Å². The molecule has 2 saturated heterocycles. The molecule has 2 fully saturated rings. The van der Waals surface area contributed by atoms with Gasteiger partial charge in [-0.1, -0.05) is 50.6 Å². The maximum Gasteiger partial charge on any atom is 0.250 e. The second-order valence-electron chi connectivity index (χ2n) is 10.5. The zero-order chi connectivity index (χ0) is 27.0. The topological polar surface area (TPSA) is 79.0 Å². The SMILES string of the molecule is CC[C@@H](C)[C@@H]1C(=O)NC(C2Cc3ccccc3C2)C(=O)N1[C@@H](C(=O)N1CCOCC1)c1ccc(F)cc1F. The predicted octanol–water partition coefficient (Wildman–Crippen LogP) is 3.02. The first-order valence-electron chi connectivity index (χ1n) is 13.3. The number of benzene rings is 2. The maximum atomic E-state index is 15.3. The highest BCUT2D eigenvalue weighted by molar-refractivity contribution is 6.00. The first kappa shape index (κ1) is 26.3. The van der Waals surface area contributed by atoms with Gasteiger partial charge in [0.05, 0.1) is 13.2 Å². The zero-order valence-corrected chi connectivity index (χ0v) is 21.7. The summed E-state index contributed by atoms with van der Waals surface area (Å²) in [5.41, 5.74) is 2.13. The second kappa shape index (κ2) is 10.8. The molecule has 1 N–H and O–H groups in total. The summed E-state index contributed by atoms with van der Waals surface area (Å²) in [5, 5.41) is 2.96. The molecule has 4 atom stereocenters. The van der Waals surface area contributed by atoms with E-state index in [9.17, 15) is 18.8 Å². The molecular formula is C29H33F2N3O4. The van der Waals surface area contributed by atoms with Crippen molar-refractivity contribution < 1.29 is 27.9 Å². The lowest BCUT2D eigenvalue weighted by atomic mass is 9.85. The fourth-order valence-electron chi connectivity index (χ4n) is 6.00. The monoisotopic (exact) mass is 525 g/mol. The Balaban J connectivity index is 1.58. The van der Waals surface area contributed by atoms with Gasteiger partial charge in [-0.25, -0.2) is 8.78 Å². The Morgan fingerprint density at radius 2 is 1.74 bits per heavy atom. The molecule has 0 spiro atoms. The van der Waals surface area contributed by atoms with Crippen LogP contribution in [0.5, 0.6) is 0 Å². The van der Waals surface area contributed by atoms with Gasteiger partial charge in [-0.15, -0.1) is 0 Å². The molecule has 1 aliphatic carbocycles. The van der Waals surface area contributed by atoms with Crippen LogP contribution in [0.4, 0.5) is 8.78 Å². The van der Waals surface area contributed by atoms with Gasteiger partial charge < -0.3 is 19.9 Å². The number of carbonyl (C=O) groups is 3. The van der Waals surface area contributed by atoms with E-state index < -0.39 is 41.6 Å². The van der Waals surface area contributed by atoms with E-state index in [-0.39, 0.29) is 36.4 Å². The minimum absolute atomic E-state index is 0.118. The molecule has 202 valence electrons. The predicted molar refractivity (Wildman–Crippen MR) is 136 cm³/mol. The fourth-order valence-corrected chi connectivity index (χ4v) is 6.00. The number of carbonyl (C=O) groups excluding carboxylic acids is 3. The van der Waals surface area contributed by atoms with E-state index in [1.807, 2.05) is 38.1 Å². The van der Waals surface area contributed by atoms with E-state index in [0.29, 0.717) is 38.5 Å². The Kier molecular flexibility index (Phi) is 7.47. The Bertz CT molecular complexity index is 1210. The van der Waals surface area contributed by atoms with Gasteiger partial charge in [0.2, 0.25) is 17.7 Å². The van der Waals surface area contributed by atoms with Crippen LogP contribution in [0.25, 0.3) is 0 Å². The molecular weight excluding hydrogens is 492 g/mol. The number of morpholine rings is 1. The van der Waals surface area contributed by atoms with Gasteiger partial charge in [-0.05, 0) is 41.9 Å². The van der Waals surface area contributed by atoms with Crippen molar-refractivity contribution >= 4 is 17.7 Å². The summed E-state index contributed by atoms with van der Waals surface area (Å²) in [7, 11) is 0. The van der Waals surface area contributed by atoms with Gasteiger partial charge in [-0.2, -0.15) is 0 Å². The summed E-state index contributed by atoms with van der Waals surface area (Å²) in [4.78, 5) is 44.9. The number of piperazine rings is 1. The van der Waals surface area contributed by atoms with Crippen LogP contribution >= 0.6 is 0 Å². The molecule has 0 saturated carbocycles. The second-order valence-corrected chi connectivity index (χ2v) is 10.5. The van der Waals surface area contributed by atoms with E-state index in [4.69, 9.17) is 4.74 Å². The van der Waals surface area contributed by atoms with E-state index in [2.05, 4.69) is 5.32 Å². The van der Waals surface area contributed by atoms with Gasteiger partial charge in [0.1, 0.15) is 29.8 Å². The summed E-state index contributed by atoms with van der Waals surface area (Å²) in [6.45, 7) is 4.93. The van der Waals surface area contributed by atoms with Gasteiger partial charge in [0.15, 0.2) is 0 Å². The molecule has 3 aliphatic rings. The lowest BCUT2D eigenvalue weighted by Crippen LogP contribution is -2.68. The number of amides is 3. The lowest BCUT2D eigenvalue weighted by molar-refractivity contribution is -0.163. The quantitative estimate of drug-likeness (QED) is 0.629. The number of halogens is 2. The first-order valence-corrected chi connectivity index (χ1v) is 13.3. The normalized spacial score (nSPS) is 23.7. The maximum absolute atomic E-state index is 15.3. The minimum Gasteiger partial charge on any atom is -0.378 e. The van der Waals surface area contributed by atoms with Gasteiger partial charge >= 0.3 is 0 Å². The van der Waals surface area contributed by atoms with E-state index >= 15 is 4.39 Å². The van der Waals surface area contributed by atoms with Crippen LogP contribution in [0.15, 0.2) is 42.5 Å². The van der Waals surface area contributed by atoms with Crippen molar-refractivity contribution in [1.29, 1.82) is 0 Å². The van der Waals surface area contributed by atoms with Crippen LogP contribution in [0, 0.1) is 23.5 Å². The van der Waals surface area contributed by atoms with Crippen LogP contribution in [-0.2, 0) is 32.0 Å². The number of hydrogen-bond donors (Lipinski definition) is 1. The molecule has 0 bridgehead atoms. The van der Waals surface area contributed by atoms with Crippen molar-refractivity contribution in [2.45, 2.75) is 51.2 Å². The van der Waals surface area contributed by atoms with Crippen molar-refractivity contribution in [3.63, 3.8) is 0 Å². The van der Waals surface area contributed by atoms with Crippen LogP contribution in [0.1, 0.15) is 43.0 Å². The molecule has 2 aromatic carbocycles. The van der Waals surface area contributed by atoms with Crippen molar-refractivity contribution in [2.75, 3.05) is 26.3 Å². The highest BCUT2D eigenvalue weighted by Crippen LogP contribution is 2.37. The smallest absolute Gasteiger partial charge is 0.250 e. The van der Waals surface area contributed by atoms with Crippen molar-refractivity contribution in [3.05, 3.63) is 70.8 Å². The van der Waals surface area contributed by atoms with Crippen molar-refractivity contribution in [1.82, 2.24) is 15.1 Å². The fraction of sp³-hybridized carbons (Fsp3) is 0.483. The van der Waals surface area contributed by atoms with Crippen LogP contribution in [0.3, 0.4) is 0 Å². The average molecular weight is 526 g/mol. The Morgan fingerprint density at radius 3 is 2.34 bits per heavy atom. The Labute approximate surface area is 221 Å². The van der Waals surface area contributed by atoms with E-state index in [1.54, 1.807) is 0 Å². The highest BCUT2D eigenvalue weighted by atomic mass is 19.1. The third-order valence-electron chi connectivity index (χ3n) is 8.22. The molecule has 3 amide bonds. The molecule has 5 rings (SSSR count). The summed E-state index contributed by atoms with van der Waals surface area (Å²) in [6, 6.07) is 7.68. The minimum atomic E-state index is -1.41. The standard InChI is InChI=1S/C29H33F2N3O4/c1-3-17(2)25-27(35)32-24(20-14-18-6-4-5-7-19(18)15-20)28(36)34(25)26(22-9-8-21(30)16-23(22)31)29(37)33-10-12-38-13-11-33/h4-9,16-17,20,24-26H,3,10-15H2,1-2H3,(H,32,35)/t17-,24?,25-,26-/m1/s1. The largest absolute Gasteiger partial charge is 0.378 e. The summed E-state index contributed by atoms with van der Waals surface area (Å²) < 4.78 is 34.6. The molecule has 2 aliphatic heterocycles. The number of nitrogens with one attached hydrogen (secondary N) is 1. The molecule has 1 unspecified atom stereocenters. The van der Waals surface area contributed by atoms with Gasteiger partial charge in [-0.3, -0.25) is 14.4 Å². The molecule has 2 heterocycles. The lowest BCUT2D eigenvalue weighted by Gasteiger charge is -2.47. The average Bonchev–Trinajstić information content (AvgIpc) is 3.35. The molecule has 7 nitrogen and oxygen atoms in total.